The van der Waals surface area contributed by atoms with Gasteiger partial charge in [-0.15, -0.1) is 0 Å². The SMILES string of the molecule is CCNc1cc(CN(C)C)cc(C)n1. The summed E-state index contributed by atoms with van der Waals surface area (Å²) in [5, 5.41) is 3.23. The van der Waals surface area contributed by atoms with E-state index in [0.717, 1.165) is 24.6 Å². The van der Waals surface area contributed by atoms with E-state index in [1.807, 2.05) is 6.92 Å². The van der Waals surface area contributed by atoms with Crippen LogP contribution in [-0.2, 0) is 6.54 Å². The molecule has 1 aromatic heterocycles. The lowest BCUT2D eigenvalue weighted by Crippen LogP contribution is -2.11. The normalized spacial score (nSPS) is 10.6. The van der Waals surface area contributed by atoms with Crippen LogP contribution in [0.1, 0.15) is 18.2 Å². The Hall–Kier alpha value is -1.09. The molecular weight excluding hydrogens is 174 g/mol. The van der Waals surface area contributed by atoms with Gasteiger partial charge in [-0.3, -0.25) is 0 Å². The average molecular weight is 193 g/mol. The zero-order chi connectivity index (χ0) is 10.6. The van der Waals surface area contributed by atoms with Crippen LogP contribution in [0.5, 0.6) is 0 Å². The van der Waals surface area contributed by atoms with Crippen molar-refractivity contribution in [3.8, 4) is 0 Å². The number of rotatable bonds is 4. The van der Waals surface area contributed by atoms with E-state index >= 15 is 0 Å². The Kier molecular flexibility index (Phi) is 3.89. The molecule has 1 aromatic rings. The molecule has 0 saturated carbocycles. The first-order valence-electron chi connectivity index (χ1n) is 4.98. The zero-order valence-corrected chi connectivity index (χ0v) is 9.46. The van der Waals surface area contributed by atoms with E-state index in [-0.39, 0.29) is 0 Å². The molecule has 1 heterocycles. The fraction of sp³-hybridized carbons (Fsp3) is 0.545. The first-order valence-corrected chi connectivity index (χ1v) is 4.98. The third-order valence-electron chi connectivity index (χ3n) is 1.87. The van der Waals surface area contributed by atoms with Gasteiger partial charge in [0.1, 0.15) is 5.82 Å². The van der Waals surface area contributed by atoms with Crippen molar-refractivity contribution in [3.05, 3.63) is 23.4 Å². The highest BCUT2D eigenvalue weighted by atomic mass is 15.1. The molecule has 0 saturated heterocycles. The number of pyridine rings is 1. The van der Waals surface area contributed by atoms with E-state index in [0.29, 0.717) is 0 Å². The van der Waals surface area contributed by atoms with E-state index in [9.17, 15) is 0 Å². The van der Waals surface area contributed by atoms with Crippen LogP contribution >= 0.6 is 0 Å². The van der Waals surface area contributed by atoms with Gasteiger partial charge >= 0.3 is 0 Å². The summed E-state index contributed by atoms with van der Waals surface area (Å²) in [4.78, 5) is 6.56. The van der Waals surface area contributed by atoms with Crippen LogP contribution < -0.4 is 5.32 Å². The van der Waals surface area contributed by atoms with Gasteiger partial charge in [0.25, 0.3) is 0 Å². The number of aromatic nitrogens is 1. The highest BCUT2D eigenvalue weighted by Crippen LogP contribution is 2.11. The molecule has 1 rings (SSSR count). The minimum Gasteiger partial charge on any atom is -0.370 e. The Balaban J connectivity index is 2.83. The molecule has 0 fully saturated rings. The largest absolute Gasteiger partial charge is 0.370 e. The summed E-state index contributed by atoms with van der Waals surface area (Å²) in [6.07, 6.45) is 0. The number of hydrogen-bond acceptors (Lipinski definition) is 3. The van der Waals surface area contributed by atoms with Crippen molar-refractivity contribution in [2.24, 2.45) is 0 Å². The van der Waals surface area contributed by atoms with E-state index in [4.69, 9.17) is 0 Å². The van der Waals surface area contributed by atoms with Crippen LogP contribution in [0.15, 0.2) is 12.1 Å². The van der Waals surface area contributed by atoms with Gasteiger partial charge in [0.2, 0.25) is 0 Å². The number of aryl methyl sites for hydroxylation is 1. The van der Waals surface area contributed by atoms with Crippen molar-refractivity contribution in [2.75, 3.05) is 26.0 Å². The molecule has 14 heavy (non-hydrogen) atoms. The van der Waals surface area contributed by atoms with Gasteiger partial charge in [-0.1, -0.05) is 0 Å². The lowest BCUT2D eigenvalue weighted by atomic mass is 10.2. The van der Waals surface area contributed by atoms with Crippen molar-refractivity contribution in [2.45, 2.75) is 20.4 Å². The van der Waals surface area contributed by atoms with Crippen LogP contribution in [-0.4, -0.2) is 30.5 Å². The monoisotopic (exact) mass is 193 g/mol. The van der Waals surface area contributed by atoms with E-state index in [2.05, 4.69) is 48.4 Å². The molecule has 0 aliphatic heterocycles. The smallest absolute Gasteiger partial charge is 0.126 e. The zero-order valence-electron chi connectivity index (χ0n) is 9.46. The Morgan fingerprint density at radius 1 is 1.36 bits per heavy atom. The topological polar surface area (TPSA) is 28.2 Å². The first kappa shape index (κ1) is 11.0. The maximum atomic E-state index is 4.40. The minimum absolute atomic E-state index is 0.915. The molecule has 0 atom stereocenters. The summed E-state index contributed by atoms with van der Waals surface area (Å²) < 4.78 is 0. The summed E-state index contributed by atoms with van der Waals surface area (Å²) in [6, 6.07) is 4.23. The van der Waals surface area contributed by atoms with E-state index < -0.39 is 0 Å². The molecule has 0 unspecified atom stereocenters. The Bertz CT molecular complexity index is 295. The number of hydrogen-bond donors (Lipinski definition) is 1. The van der Waals surface area contributed by atoms with Crippen molar-refractivity contribution < 1.29 is 0 Å². The Labute approximate surface area is 86.2 Å². The minimum atomic E-state index is 0.915. The quantitative estimate of drug-likeness (QED) is 0.791. The van der Waals surface area contributed by atoms with Crippen LogP contribution in [0, 0.1) is 6.92 Å². The second-order valence-corrected chi connectivity index (χ2v) is 3.77. The Morgan fingerprint density at radius 3 is 2.64 bits per heavy atom. The highest BCUT2D eigenvalue weighted by molar-refractivity contribution is 5.39. The molecule has 78 valence electrons. The van der Waals surface area contributed by atoms with Gasteiger partial charge in [-0.05, 0) is 45.6 Å². The molecule has 0 amide bonds. The average Bonchev–Trinajstić information content (AvgIpc) is 2.01. The summed E-state index contributed by atoms with van der Waals surface area (Å²) in [5.74, 6) is 0.976. The van der Waals surface area contributed by atoms with Crippen LogP contribution in [0.4, 0.5) is 5.82 Å². The number of nitrogens with one attached hydrogen (secondary N) is 1. The van der Waals surface area contributed by atoms with Crippen molar-refractivity contribution in [1.82, 2.24) is 9.88 Å². The van der Waals surface area contributed by atoms with E-state index in [1.165, 1.54) is 5.56 Å². The van der Waals surface area contributed by atoms with Gasteiger partial charge in [0, 0.05) is 18.8 Å². The summed E-state index contributed by atoms with van der Waals surface area (Å²) in [6.45, 7) is 5.98. The third-order valence-corrected chi connectivity index (χ3v) is 1.87. The second kappa shape index (κ2) is 4.96. The third kappa shape index (κ3) is 3.34. The lowest BCUT2D eigenvalue weighted by molar-refractivity contribution is 0.402. The number of anilines is 1. The molecule has 0 aliphatic rings. The molecule has 3 heteroatoms. The van der Waals surface area contributed by atoms with Gasteiger partial charge < -0.3 is 10.2 Å². The Morgan fingerprint density at radius 2 is 2.07 bits per heavy atom. The van der Waals surface area contributed by atoms with Crippen molar-refractivity contribution in [1.29, 1.82) is 0 Å². The van der Waals surface area contributed by atoms with Gasteiger partial charge in [0.05, 0.1) is 0 Å². The van der Waals surface area contributed by atoms with Crippen molar-refractivity contribution in [3.63, 3.8) is 0 Å². The summed E-state index contributed by atoms with van der Waals surface area (Å²) in [5.41, 5.74) is 2.37. The maximum absolute atomic E-state index is 4.40. The van der Waals surface area contributed by atoms with Crippen LogP contribution in [0.2, 0.25) is 0 Å². The van der Waals surface area contributed by atoms with Gasteiger partial charge in [-0.2, -0.15) is 0 Å². The molecular formula is C11H19N3. The molecule has 0 bridgehead atoms. The summed E-state index contributed by atoms with van der Waals surface area (Å²) >= 11 is 0. The number of nitrogens with zero attached hydrogens (tertiary/aromatic N) is 2. The second-order valence-electron chi connectivity index (χ2n) is 3.77. The van der Waals surface area contributed by atoms with Crippen molar-refractivity contribution >= 4 is 5.82 Å². The molecule has 0 aliphatic carbocycles. The molecule has 0 radical (unpaired) electrons. The predicted octanol–water partition coefficient (Wildman–Crippen LogP) is 1.88. The maximum Gasteiger partial charge on any atom is 0.126 e. The first-order chi connectivity index (χ1) is 6.61. The van der Waals surface area contributed by atoms with Crippen LogP contribution in [0.25, 0.3) is 0 Å². The fourth-order valence-corrected chi connectivity index (χ4v) is 1.47. The van der Waals surface area contributed by atoms with Crippen LogP contribution in [0.3, 0.4) is 0 Å². The predicted molar refractivity (Wildman–Crippen MR) is 60.5 cm³/mol. The summed E-state index contributed by atoms with van der Waals surface area (Å²) in [7, 11) is 4.14. The van der Waals surface area contributed by atoms with E-state index in [1.54, 1.807) is 0 Å². The van der Waals surface area contributed by atoms with Gasteiger partial charge in [-0.25, -0.2) is 4.98 Å². The highest BCUT2D eigenvalue weighted by Gasteiger charge is 2.00. The fourth-order valence-electron chi connectivity index (χ4n) is 1.47. The van der Waals surface area contributed by atoms with Gasteiger partial charge in [0.15, 0.2) is 0 Å². The molecule has 0 spiro atoms. The molecule has 1 N–H and O–H groups in total. The molecule has 3 nitrogen and oxygen atoms in total. The molecule has 0 aromatic carbocycles. The standard InChI is InChI=1S/C11H19N3/c1-5-12-11-7-10(8-14(3)4)6-9(2)13-11/h6-7H,5,8H2,1-4H3,(H,12,13). The lowest BCUT2D eigenvalue weighted by Gasteiger charge is -2.12.